The van der Waals surface area contributed by atoms with Gasteiger partial charge in [-0.3, -0.25) is 9.48 Å². The Balaban J connectivity index is 1.89. The van der Waals surface area contributed by atoms with Gasteiger partial charge in [-0.25, -0.2) is 13.2 Å². The quantitative estimate of drug-likeness (QED) is 0.504. The summed E-state index contributed by atoms with van der Waals surface area (Å²) in [7, 11) is -3.87. The van der Waals surface area contributed by atoms with Crippen LogP contribution in [0.3, 0.4) is 0 Å². The molecule has 1 aliphatic rings. The molecule has 2 aromatic rings. The fourth-order valence-electron chi connectivity index (χ4n) is 4.81. The number of amides is 2. The van der Waals surface area contributed by atoms with Crippen molar-refractivity contribution in [3.63, 3.8) is 0 Å². The van der Waals surface area contributed by atoms with Gasteiger partial charge in [0.25, 0.3) is 0 Å². The van der Waals surface area contributed by atoms with E-state index in [-0.39, 0.29) is 21.7 Å². The summed E-state index contributed by atoms with van der Waals surface area (Å²) in [5, 5.41) is 7.42. The summed E-state index contributed by atoms with van der Waals surface area (Å²) in [5.74, 6) is 0.0521. The molecule has 0 saturated carbocycles. The molecule has 0 aliphatic carbocycles. The first-order valence-electron chi connectivity index (χ1n) is 13.4. The van der Waals surface area contributed by atoms with E-state index in [0.29, 0.717) is 43.0 Å². The van der Waals surface area contributed by atoms with E-state index in [1.807, 2.05) is 34.6 Å². The topological polar surface area (TPSA) is 111 Å². The average molecular weight is 547 g/mol. The van der Waals surface area contributed by atoms with Crippen LogP contribution in [0.5, 0.6) is 0 Å². The monoisotopic (exact) mass is 546 g/mol. The zero-order valence-electron chi connectivity index (χ0n) is 23.9. The third kappa shape index (κ3) is 6.39. The number of rotatable bonds is 8. The molecule has 0 bridgehead atoms. The number of ether oxygens (including phenoxy) is 1. The largest absolute Gasteiger partial charge is 0.444 e. The number of sulfone groups is 1. The molecule has 1 atom stereocenters. The zero-order chi connectivity index (χ0) is 28.5. The fourth-order valence-corrected chi connectivity index (χ4v) is 6.59. The van der Waals surface area contributed by atoms with Crippen molar-refractivity contribution in [2.45, 2.75) is 109 Å². The second-order valence-corrected chi connectivity index (χ2v) is 13.5. The maximum Gasteiger partial charge on any atom is 0.407 e. The minimum atomic E-state index is -3.87. The third-order valence-electron chi connectivity index (χ3n) is 6.69. The molecule has 1 N–H and O–H groups in total. The van der Waals surface area contributed by atoms with Crippen molar-refractivity contribution < 1.29 is 22.7 Å². The minimum Gasteiger partial charge on any atom is -0.444 e. The Kier molecular flexibility index (Phi) is 8.65. The number of alkyl carbamates (subject to hydrolysis) is 1. The lowest BCUT2D eigenvalue weighted by Gasteiger charge is -2.37. The SMILES string of the molecule is CCc1nn(C[C@H](C)NC(=O)OC(C)(C)C)c(CC)c1S(=O)(=O)c1ccc(N2CCCC(C)(C)C2=O)cc1. The van der Waals surface area contributed by atoms with Crippen LogP contribution in [-0.4, -0.2) is 48.4 Å². The lowest BCUT2D eigenvalue weighted by Crippen LogP contribution is -2.46. The Morgan fingerprint density at radius 1 is 1.16 bits per heavy atom. The van der Waals surface area contributed by atoms with Gasteiger partial charge in [-0.1, -0.05) is 27.7 Å². The van der Waals surface area contributed by atoms with Crippen LogP contribution in [0.1, 0.15) is 79.6 Å². The Hall–Kier alpha value is -2.88. The maximum absolute atomic E-state index is 13.9. The van der Waals surface area contributed by atoms with Crippen LogP contribution in [0.25, 0.3) is 0 Å². The number of piperidine rings is 1. The molecule has 1 aromatic carbocycles. The average Bonchev–Trinajstić information content (AvgIpc) is 3.17. The molecule has 0 radical (unpaired) electrons. The third-order valence-corrected chi connectivity index (χ3v) is 8.59. The number of hydrogen-bond donors (Lipinski definition) is 1. The van der Waals surface area contributed by atoms with Crippen LogP contribution < -0.4 is 10.2 Å². The van der Waals surface area contributed by atoms with Crippen LogP contribution in [-0.2, 0) is 38.8 Å². The predicted molar refractivity (Wildman–Crippen MR) is 147 cm³/mol. The van der Waals surface area contributed by atoms with Gasteiger partial charge in [-0.15, -0.1) is 0 Å². The molecule has 0 spiro atoms. The Morgan fingerprint density at radius 2 is 1.79 bits per heavy atom. The first-order valence-corrected chi connectivity index (χ1v) is 14.8. The first kappa shape index (κ1) is 29.7. The van der Waals surface area contributed by atoms with E-state index in [4.69, 9.17) is 4.74 Å². The number of carbonyl (C=O) groups excluding carboxylic acids is 2. The summed E-state index contributed by atoms with van der Waals surface area (Å²) in [6, 6.07) is 6.23. The second-order valence-electron chi connectivity index (χ2n) is 11.6. The number of hydrogen-bond acceptors (Lipinski definition) is 6. The van der Waals surface area contributed by atoms with Gasteiger partial charge in [-0.05, 0) is 77.6 Å². The smallest absolute Gasteiger partial charge is 0.407 e. The molecule has 3 rings (SSSR count). The van der Waals surface area contributed by atoms with Gasteiger partial charge in [0.05, 0.1) is 22.8 Å². The lowest BCUT2D eigenvalue weighted by molar-refractivity contribution is -0.128. The van der Waals surface area contributed by atoms with Crippen LogP contribution in [0, 0.1) is 5.41 Å². The Bertz CT molecular complexity index is 1270. The van der Waals surface area contributed by atoms with E-state index >= 15 is 0 Å². The molecule has 0 unspecified atom stereocenters. The number of benzene rings is 1. The number of anilines is 1. The molecule has 1 fully saturated rings. The van der Waals surface area contributed by atoms with Gasteiger partial charge in [0, 0.05) is 23.7 Å². The van der Waals surface area contributed by atoms with Gasteiger partial charge in [0.15, 0.2) is 0 Å². The number of nitrogens with one attached hydrogen (secondary N) is 1. The molecule has 2 amide bonds. The van der Waals surface area contributed by atoms with Crippen LogP contribution >= 0.6 is 0 Å². The van der Waals surface area contributed by atoms with Gasteiger partial charge in [0.2, 0.25) is 15.7 Å². The lowest BCUT2D eigenvalue weighted by atomic mass is 9.83. The van der Waals surface area contributed by atoms with Crippen molar-refractivity contribution in [3.8, 4) is 0 Å². The standard InChI is InChI=1S/C28H42N4O5S/c1-9-22-24(23(10-2)32(30-22)18-19(3)29-26(34)37-27(4,5)6)38(35,36)21-14-12-20(13-15-21)31-17-11-16-28(7,8)25(31)33/h12-15,19H,9-11,16-18H2,1-8H3,(H,29,34)/t19-/m0/s1. The van der Waals surface area contributed by atoms with E-state index in [2.05, 4.69) is 10.4 Å². The van der Waals surface area contributed by atoms with E-state index in [9.17, 15) is 18.0 Å². The van der Waals surface area contributed by atoms with Crippen molar-refractivity contribution >= 4 is 27.5 Å². The molecule has 210 valence electrons. The Morgan fingerprint density at radius 3 is 2.34 bits per heavy atom. The van der Waals surface area contributed by atoms with Crippen molar-refractivity contribution in [3.05, 3.63) is 35.7 Å². The fraction of sp³-hybridized carbons (Fsp3) is 0.607. The highest BCUT2D eigenvalue weighted by Gasteiger charge is 2.36. The summed E-state index contributed by atoms with van der Waals surface area (Å²) in [6.07, 6.45) is 2.10. The van der Waals surface area contributed by atoms with Crippen molar-refractivity contribution in [1.82, 2.24) is 15.1 Å². The molecular formula is C28H42N4O5S. The van der Waals surface area contributed by atoms with Crippen molar-refractivity contribution in [2.24, 2.45) is 5.41 Å². The summed E-state index contributed by atoms with van der Waals surface area (Å²) >= 11 is 0. The molecule has 10 heteroatoms. The van der Waals surface area contributed by atoms with Gasteiger partial charge in [0.1, 0.15) is 10.5 Å². The number of aryl methyl sites for hydroxylation is 1. The van der Waals surface area contributed by atoms with E-state index in [0.717, 1.165) is 12.8 Å². The van der Waals surface area contributed by atoms with Crippen LogP contribution in [0.15, 0.2) is 34.1 Å². The molecule has 1 aliphatic heterocycles. The summed E-state index contributed by atoms with van der Waals surface area (Å²) in [4.78, 5) is 27.2. The molecule has 1 aromatic heterocycles. The van der Waals surface area contributed by atoms with Gasteiger partial charge >= 0.3 is 6.09 Å². The number of aromatic nitrogens is 2. The van der Waals surface area contributed by atoms with Crippen molar-refractivity contribution in [2.75, 3.05) is 11.4 Å². The van der Waals surface area contributed by atoms with E-state index in [1.54, 1.807) is 54.6 Å². The van der Waals surface area contributed by atoms with Crippen LogP contribution in [0.4, 0.5) is 10.5 Å². The minimum absolute atomic E-state index is 0.0521. The van der Waals surface area contributed by atoms with Crippen LogP contribution in [0.2, 0.25) is 0 Å². The summed E-state index contributed by atoms with van der Waals surface area (Å²) < 4.78 is 34.7. The first-order chi connectivity index (χ1) is 17.6. The highest BCUT2D eigenvalue weighted by Crippen LogP contribution is 2.34. The second kappa shape index (κ2) is 11.1. The number of carbonyl (C=O) groups is 2. The predicted octanol–water partition coefficient (Wildman–Crippen LogP) is 4.91. The Labute approximate surface area is 226 Å². The normalized spacial score (nSPS) is 16.8. The highest BCUT2D eigenvalue weighted by atomic mass is 32.2. The molecule has 1 saturated heterocycles. The van der Waals surface area contributed by atoms with E-state index in [1.165, 1.54) is 0 Å². The summed E-state index contributed by atoms with van der Waals surface area (Å²) in [6.45, 7) is 15.8. The van der Waals surface area contributed by atoms with Crippen molar-refractivity contribution in [1.29, 1.82) is 0 Å². The zero-order valence-corrected chi connectivity index (χ0v) is 24.7. The summed E-state index contributed by atoms with van der Waals surface area (Å²) in [5.41, 5.74) is 0.735. The molecule has 2 heterocycles. The molecule has 9 nitrogen and oxygen atoms in total. The highest BCUT2D eigenvalue weighted by molar-refractivity contribution is 7.91. The maximum atomic E-state index is 13.9. The number of nitrogens with zero attached hydrogens (tertiary/aromatic N) is 3. The van der Waals surface area contributed by atoms with Gasteiger partial charge in [-0.2, -0.15) is 5.10 Å². The molecule has 38 heavy (non-hydrogen) atoms. The molecular weight excluding hydrogens is 504 g/mol. The van der Waals surface area contributed by atoms with E-state index < -0.39 is 26.9 Å². The van der Waals surface area contributed by atoms with Gasteiger partial charge < -0.3 is 15.0 Å².